The Bertz CT molecular complexity index is 467. The van der Waals surface area contributed by atoms with Crippen molar-refractivity contribution < 1.29 is 4.79 Å². The zero-order valence-electron chi connectivity index (χ0n) is 11.1. The number of hydrogen-bond acceptors (Lipinski definition) is 2. The number of Topliss-reactive ketones (excluding diaryl/α,β-unsaturated/α-hetero) is 1. The van der Waals surface area contributed by atoms with Gasteiger partial charge in [0.05, 0.1) is 5.02 Å². The predicted molar refractivity (Wildman–Crippen MR) is 80.3 cm³/mol. The largest absolute Gasteiger partial charge is 0.314 e. The smallest absolute Gasteiger partial charge is 0.166 e. The Balaban J connectivity index is 2.17. The molecular weight excluding hydrogens is 281 g/mol. The average molecular weight is 300 g/mol. The molecule has 4 heteroatoms. The highest BCUT2D eigenvalue weighted by Crippen LogP contribution is 2.33. The van der Waals surface area contributed by atoms with Gasteiger partial charge in [0, 0.05) is 22.5 Å². The molecule has 1 aromatic rings. The van der Waals surface area contributed by atoms with Crippen LogP contribution in [0.1, 0.15) is 48.9 Å². The summed E-state index contributed by atoms with van der Waals surface area (Å²) in [7, 11) is 1.94. The zero-order valence-corrected chi connectivity index (χ0v) is 12.7. The molecule has 2 rings (SSSR count). The second kappa shape index (κ2) is 6.25. The van der Waals surface area contributed by atoms with E-state index < -0.39 is 0 Å². The van der Waals surface area contributed by atoms with Crippen LogP contribution in [0.4, 0.5) is 0 Å². The third-order valence-electron chi connectivity index (χ3n) is 4.07. The molecule has 1 fully saturated rings. The molecule has 0 aromatic heterocycles. The molecule has 1 aliphatic rings. The fourth-order valence-corrected chi connectivity index (χ4v) is 3.25. The molecule has 0 radical (unpaired) electrons. The number of ketones is 1. The van der Waals surface area contributed by atoms with Gasteiger partial charge in [-0.3, -0.25) is 4.79 Å². The van der Waals surface area contributed by atoms with Crippen molar-refractivity contribution in [1.29, 1.82) is 0 Å². The maximum atomic E-state index is 12.5. The normalized spacial score (nSPS) is 18.3. The first-order valence-electron chi connectivity index (χ1n) is 6.73. The summed E-state index contributed by atoms with van der Waals surface area (Å²) >= 11 is 12.0. The Morgan fingerprint density at radius 1 is 1.26 bits per heavy atom. The van der Waals surface area contributed by atoms with E-state index in [1.165, 1.54) is 19.3 Å². The Hall–Kier alpha value is -0.570. The fraction of sp³-hybridized carbons (Fsp3) is 0.533. The van der Waals surface area contributed by atoms with Crippen LogP contribution >= 0.6 is 23.2 Å². The van der Waals surface area contributed by atoms with Crippen LogP contribution in [0, 0.1) is 0 Å². The average Bonchev–Trinajstić information content (AvgIpc) is 2.42. The fourth-order valence-electron chi connectivity index (χ4n) is 2.86. The van der Waals surface area contributed by atoms with E-state index in [0.29, 0.717) is 22.0 Å². The highest BCUT2D eigenvalue weighted by molar-refractivity contribution is 6.35. The number of halogens is 2. The van der Waals surface area contributed by atoms with Crippen LogP contribution in [0.25, 0.3) is 0 Å². The maximum absolute atomic E-state index is 12.5. The number of carbonyl (C=O) groups is 1. The molecule has 0 spiro atoms. The molecule has 0 atom stereocenters. The first kappa shape index (κ1) is 14.8. The van der Waals surface area contributed by atoms with Gasteiger partial charge in [-0.15, -0.1) is 0 Å². The number of carbonyl (C=O) groups excluding carboxylic acids is 1. The van der Waals surface area contributed by atoms with Crippen molar-refractivity contribution in [2.24, 2.45) is 0 Å². The lowest BCUT2D eigenvalue weighted by atomic mass is 9.77. The predicted octanol–water partition coefficient (Wildman–Crippen LogP) is 4.49. The van der Waals surface area contributed by atoms with Crippen molar-refractivity contribution in [3.05, 3.63) is 33.8 Å². The van der Waals surface area contributed by atoms with E-state index in [9.17, 15) is 4.79 Å². The first-order chi connectivity index (χ1) is 9.06. The molecule has 1 N–H and O–H groups in total. The third-order valence-corrected chi connectivity index (χ3v) is 4.63. The summed E-state index contributed by atoms with van der Waals surface area (Å²) in [5, 5.41) is 4.39. The second-order valence-electron chi connectivity index (χ2n) is 5.32. The highest BCUT2D eigenvalue weighted by atomic mass is 35.5. The monoisotopic (exact) mass is 299 g/mol. The van der Waals surface area contributed by atoms with Crippen LogP contribution in [0.2, 0.25) is 10.0 Å². The molecule has 1 aliphatic carbocycles. The van der Waals surface area contributed by atoms with E-state index in [4.69, 9.17) is 23.2 Å². The van der Waals surface area contributed by atoms with Crippen molar-refractivity contribution in [2.75, 3.05) is 7.05 Å². The lowest BCUT2D eigenvalue weighted by molar-refractivity contribution is 0.0915. The third kappa shape index (κ3) is 3.50. The van der Waals surface area contributed by atoms with Gasteiger partial charge in [0.15, 0.2) is 5.78 Å². The van der Waals surface area contributed by atoms with Crippen molar-refractivity contribution in [2.45, 2.75) is 44.1 Å². The van der Waals surface area contributed by atoms with E-state index in [1.807, 2.05) is 7.05 Å². The minimum Gasteiger partial charge on any atom is -0.314 e. The van der Waals surface area contributed by atoms with E-state index in [0.717, 1.165) is 12.8 Å². The Morgan fingerprint density at radius 2 is 1.95 bits per heavy atom. The summed E-state index contributed by atoms with van der Waals surface area (Å²) in [6.45, 7) is 0. The van der Waals surface area contributed by atoms with Gasteiger partial charge >= 0.3 is 0 Å². The summed E-state index contributed by atoms with van der Waals surface area (Å²) in [4.78, 5) is 12.5. The van der Waals surface area contributed by atoms with Crippen molar-refractivity contribution in [3.63, 3.8) is 0 Å². The molecule has 0 amide bonds. The maximum Gasteiger partial charge on any atom is 0.166 e. The SMILES string of the molecule is CNC1(CC(=O)c2cc(Cl)ccc2Cl)CCCCC1. The van der Waals surface area contributed by atoms with Crippen LogP contribution in [-0.4, -0.2) is 18.4 Å². The molecule has 2 nitrogen and oxygen atoms in total. The minimum atomic E-state index is -0.0685. The summed E-state index contributed by atoms with van der Waals surface area (Å²) < 4.78 is 0. The summed E-state index contributed by atoms with van der Waals surface area (Å²) in [5.41, 5.74) is 0.468. The highest BCUT2D eigenvalue weighted by Gasteiger charge is 2.33. The van der Waals surface area contributed by atoms with Gasteiger partial charge in [-0.05, 0) is 38.1 Å². The Labute approximate surface area is 124 Å². The first-order valence-corrected chi connectivity index (χ1v) is 7.49. The zero-order chi connectivity index (χ0) is 13.9. The minimum absolute atomic E-state index is 0.0685. The van der Waals surface area contributed by atoms with Crippen molar-refractivity contribution >= 4 is 29.0 Å². The van der Waals surface area contributed by atoms with Gasteiger partial charge < -0.3 is 5.32 Å². The topological polar surface area (TPSA) is 29.1 Å². The van der Waals surface area contributed by atoms with Crippen LogP contribution in [-0.2, 0) is 0 Å². The van der Waals surface area contributed by atoms with Gasteiger partial charge in [0.1, 0.15) is 0 Å². The summed E-state index contributed by atoms with van der Waals surface area (Å²) in [6, 6.07) is 5.05. The number of benzene rings is 1. The van der Waals surface area contributed by atoms with Crippen LogP contribution in [0.3, 0.4) is 0 Å². The molecule has 19 heavy (non-hydrogen) atoms. The molecule has 1 aromatic carbocycles. The Kier molecular flexibility index (Phi) is 4.88. The van der Waals surface area contributed by atoms with Crippen LogP contribution in [0.5, 0.6) is 0 Å². The molecular formula is C15H19Cl2NO. The molecule has 0 heterocycles. The lowest BCUT2D eigenvalue weighted by Crippen LogP contribution is -2.46. The molecule has 1 saturated carbocycles. The van der Waals surface area contributed by atoms with Gasteiger partial charge in [0.25, 0.3) is 0 Å². The van der Waals surface area contributed by atoms with E-state index in [1.54, 1.807) is 18.2 Å². The standard InChI is InChI=1S/C15H19Cl2NO/c1-18-15(7-3-2-4-8-15)10-14(19)12-9-11(16)5-6-13(12)17/h5-6,9,18H,2-4,7-8,10H2,1H3. The summed E-state index contributed by atoms with van der Waals surface area (Å²) in [6.07, 6.45) is 6.20. The molecule has 0 bridgehead atoms. The molecule has 0 aliphatic heterocycles. The van der Waals surface area contributed by atoms with Crippen molar-refractivity contribution in [1.82, 2.24) is 5.32 Å². The van der Waals surface area contributed by atoms with Gasteiger partial charge in [-0.2, -0.15) is 0 Å². The quantitative estimate of drug-likeness (QED) is 0.830. The second-order valence-corrected chi connectivity index (χ2v) is 6.16. The molecule has 0 unspecified atom stereocenters. The van der Waals surface area contributed by atoms with E-state index >= 15 is 0 Å². The van der Waals surface area contributed by atoms with Crippen molar-refractivity contribution in [3.8, 4) is 0 Å². The van der Waals surface area contributed by atoms with E-state index in [-0.39, 0.29) is 11.3 Å². The number of rotatable bonds is 4. The van der Waals surface area contributed by atoms with Gasteiger partial charge in [0.2, 0.25) is 0 Å². The number of nitrogens with one attached hydrogen (secondary N) is 1. The summed E-state index contributed by atoms with van der Waals surface area (Å²) in [5.74, 6) is 0.0729. The van der Waals surface area contributed by atoms with Crippen LogP contribution < -0.4 is 5.32 Å². The van der Waals surface area contributed by atoms with Gasteiger partial charge in [-0.1, -0.05) is 42.5 Å². The lowest BCUT2D eigenvalue weighted by Gasteiger charge is -2.36. The molecule has 0 saturated heterocycles. The number of hydrogen-bond donors (Lipinski definition) is 1. The van der Waals surface area contributed by atoms with Gasteiger partial charge in [-0.25, -0.2) is 0 Å². The van der Waals surface area contributed by atoms with Crippen LogP contribution in [0.15, 0.2) is 18.2 Å². The Morgan fingerprint density at radius 3 is 2.58 bits per heavy atom. The molecule has 104 valence electrons. The van der Waals surface area contributed by atoms with E-state index in [2.05, 4.69) is 5.32 Å².